The zero-order valence-corrected chi connectivity index (χ0v) is 12.9. The zero-order chi connectivity index (χ0) is 13.9. The second-order valence-corrected chi connectivity index (χ2v) is 6.09. The van der Waals surface area contributed by atoms with Crippen molar-refractivity contribution < 1.29 is 0 Å². The van der Waals surface area contributed by atoms with Gasteiger partial charge in [-0.25, -0.2) is 0 Å². The third kappa shape index (κ3) is 2.88. The molecule has 1 aliphatic heterocycles. The molecule has 2 aliphatic rings. The molecule has 110 valence electrons. The first-order chi connectivity index (χ1) is 9.15. The van der Waals surface area contributed by atoms with E-state index in [9.17, 15) is 0 Å². The van der Waals surface area contributed by atoms with E-state index < -0.39 is 0 Å². The predicted octanol–water partition coefficient (Wildman–Crippen LogP) is 1.91. The van der Waals surface area contributed by atoms with E-state index in [1.165, 1.54) is 25.7 Å². The molecule has 0 saturated heterocycles. The lowest BCUT2D eigenvalue weighted by atomic mass is 9.94. The highest BCUT2D eigenvalue weighted by Gasteiger charge is 2.46. The Bertz CT molecular complexity index is 324. The Balaban J connectivity index is 1.98. The fourth-order valence-electron chi connectivity index (χ4n) is 3.73. The van der Waals surface area contributed by atoms with E-state index >= 15 is 0 Å². The van der Waals surface area contributed by atoms with Gasteiger partial charge in [-0.2, -0.15) is 0 Å². The summed E-state index contributed by atoms with van der Waals surface area (Å²) in [6.07, 6.45) is 5.20. The summed E-state index contributed by atoms with van der Waals surface area (Å²) in [5.74, 6) is 1.65. The Morgan fingerprint density at radius 1 is 1.37 bits per heavy atom. The molecule has 4 nitrogen and oxygen atoms in total. The monoisotopic (exact) mass is 266 g/mol. The summed E-state index contributed by atoms with van der Waals surface area (Å²) in [6, 6.07) is 0. The molecule has 2 atom stereocenters. The average molecular weight is 266 g/mol. The van der Waals surface area contributed by atoms with Crippen LogP contribution in [-0.4, -0.2) is 54.0 Å². The Morgan fingerprint density at radius 3 is 2.68 bits per heavy atom. The van der Waals surface area contributed by atoms with Gasteiger partial charge in [0.2, 0.25) is 0 Å². The van der Waals surface area contributed by atoms with Crippen LogP contribution in [0.1, 0.15) is 46.5 Å². The molecule has 1 spiro atoms. The van der Waals surface area contributed by atoms with E-state index in [1.54, 1.807) is 0 Å². The SMILES string of the molecule is CCC1CCC2(CN=C(N)N2CCN(CC)CC)C1. The van der Waals surface area contributed by atoms with Gasteiger partial charge in [0.1, 0.15) is 0 Å². The minimum Gasteiger partial charge on any atom is -0.370 e. The third-order valence-corrected chi connectivity index (χ3v) is 5.18. The van der Waals surface area contributed by atoms with Crippen LogP contribution in [0.25, 0.3) is 0 Å². The van der Waals surface area contributed by atoms with E-state index in [4.69, 9.17) is 5.73 Å². The largest absolute Gasteiger partial charge is 0.370 e. The first-order valence-corrected chi connectivity index (χ1v) is 7.95. The summed E-state index contributed by atoms with van der Waals surface area (Å²) in [6.45, 7) is 12.1. The Hall–Kier alpha value is -0.770. The van der Waals surface area contributed by atoms with Crippen molar-refractivity contribution in [1.82, 2.24) is 9.80 Å². The third-order valence-electron chi connectivity index (χ3n) is 5.18. The summed E-state index contributed by atoms with van der Waals surface area (Å²) in [4.78, 5) is 9.43. The van der Waals surface area contributed by atoms with Gasteiger partial charge in [0.05, 0.1) is 12.1 Å². The van der Waals surface area contributed by atoms with E-state index in [2.05, 4.69) is 35.6 Å². The molecule has 4 heteroatoms. The van der Waals surface area contributed by atoms with Crippen LogP contribution in [0, 0.1) is 5.92 Å². The summed E-state index contributed by atoms with van der Waals surface area (Å²) < 4.78 is 0. The zero-order valence-electron chi connectivity index (χ0n) is 12.9. The molecule has 2 N–H and O–H groups in total. The summed E-state index contributed by atoms with van der Waals surface area (Å²) in [7, 11) is 0. The number of aliphatic imine (C=N–C) groups is 1. The van der Waals surface area contributed by atoms with E-state index in [-0.39, 0.29) is 5.54 Å². The minimum absolute atomic E-state index is 0.262. The molecule has 2 rings (SSSR count). The smallest absolute Gasteiger partial charge is 0.191 e. The van der Waals surface area contributed by atoms with Crippen LogP contribution in [0.2, 0.25) is 0 Å². The lowest BCUT2D eigenvalue weighted by molar-refractivity contribution is 0.172. The highest BCUT2D eigenvalue weighted by atomic mass is 15.4. The maximum Gasteiger partial charge on any atom is 0.191 e. The lowest BCUT2D eigenvalue weighted by Crippen LogP contribution is -2.52. The van der Waals surface area contributed by atoms with Gasteiger partial charge in [0, 0.05) is 13.1 Å². The molecule has 1 saturated carbocycles. The summed E-state index contributed by atoms with van der Waals surface area (Å²) in [5.41, 5.74) is 6.41. The number of nitrogens with two attached hydrogens (primary N) is 1. The van der Waals surface area contributed by atoms with Crippen molar-refractivity contribution in [3.63, 3.8) is 0 Å². The van der Waals surface area contributed by atoms with Crippen LogP contribution in [0.4, 0.5) is 0 Å². The van der Waals surface area contributed by atoms with E-state index in [0.717, 1.165) is 44.6 Å². The Labute approximate surface area is 118 Å². The highest BCUT2D eigenvalue weighted by Crippen LogP contribution is 2.42. The molecule has 1 heterocycles. The van der Waals surface area contributed by atoms with Gasteiger partial charge in [-0.15, -0.1) is 0 Å². The van der Waals surface area contributed by atoms with Crippen molar-refractivity contribution in [3.05, 3.63) is 0 Å². The molecular weight excluding hydrogens is 236 g/mol. The quantitative estimate of drug-likeness (QED) is 0.799. The predicted molar refractivity (Wildman–Crippen MR) is 81.3 cm³/mol. The summed E-state index contributed by atoms with van der Waals surface area (Å²) in [5, 5.41) is 0. The van der Waals surface area contributed by atoms with Crippen LogP contribution < -0.4 is 5.73 Å². The van der Waals surface area contributed by atoms with Gasteiger partial charge in [-0.05, 0) is 38.3 Å². The number of nitrogens with zero attached hydrogens (tertiary/aromatic N) is 3. The highest BCUT2D eigenvalue weighted by molar-refractivity contribution is 5.81. The second-order valence-electron chi connectivity index (χ2n) is 6.09. The average Bonchev–Trinajstić information content (AvgIpc) is 2.98. The molecule has 0 aromatic heterocycles. The van der Waals surface area contributed by atoms with Gasteiger partial charge >= 0.3 is 0 Å². The van der Waals surface area contributed by atoms with Crippen molar-refractivity contribution in [2.75, 3.05) is 32.7 Å². The molecule has 0 amide bonds. The standard InChI is InChI=1S/C15H30N4/c1-4-13-7-8-15(11-13)12-17-14(16)19(15)10-9-18(5-2)6-3/h13H,4-12H2,1-3H3,(H2,16,17). The Kier molecular flexibility index (Phi) is 4.71. The molecule has 0 aromatic carbocycles. The van der Waals surface area contributed by atoms with Gasteiger partial charge in [0.25, 0.3) is 0 Å². The number of hydrogen-bond donors (Lipinski definition) is 1. The molecule has 1 aliphatic carbocycles. The molecule has 1 fully saturated rings. The minimum atomic E-state index is 0.262. The Morgan fingerprint density at radius 2 is 2.11 bits per heavy atom. The van der Waals surface area contributed by atoms with Gasteiger partial charge in [-0.1, -0.05) is 27.2 Å². The van der Waals surface area contributed by atoms with Gasteiger partial charge in [-0.3, -0.25) is 4.99 Å². The lowest BCUT2D eigenvalue weighted by Gasteiger charge is -2.37. The van der Waals surface area contributed by atoms with Crippen molar-refractivity contribution in [3.8, 4) is 0 Å². The first kappa shape index (κ1) is 14.6. The van der Waals surface area contributed by atoms with Crippen LogP contribution in [0.15, 0.2) is 4.99 Å². The van der Waals surface area contributed by atoms with Crippen LogP contribution in [0.5, 0.6) is 0 Å². The fourth-order valence-corrected chi connectivity index (χ4v) is 3.73. The fraction of sp³-hybridized carbons (Fsp3) is 0.933. The van der Waals surface area contributed by atoms with Crippen molar-refractivity contribution in [2.24, 2.45) is 16.6 Å². The van der Waals surface area contributed by atoms with Gasteiger partial charge < -0.3 is 15.5 Å². The molecule has 19 heavy (non-hydrogen) atoms. The molecular formula is C15H30N4. The van der Waals surface area contributed by atoms with E-state index in [1.807, 2.05) is 0 Å². The molecule has 0 bridgehead atoms. The molecule has 0 aromatic rings. The first-order valence-electron chi connectivity index (χ1n) is 7.95. The number of likely N-dealkylation sites (N-methyl/N-ethyl adjacent to an activating group) is 1. The van der Waals surface area contributed by atoms with Crippen LogP contribution >= 0.6 is 0 Å². The number of rotatable bonds is 6. The summed E-state index contributed by atoms with van der Waals surface area (Å²) >= 11 is 0. The normalized spacial score (nSPS) is 30.6. The number of guanidine groups is 1. The molecule has 0 radical (unpaired) electrons. The van der Waals surface area contributed by atoms with Crippen LogP contribution in [-0.2, 0) is 0 Å². The van der Waals surface area contributed by atoms with Gasteiger partial charge in [0.15, 0.2) is 5.96 Å². The van der Waals surface area contributed by atoms with Crippen molar-refractivity contribution in [1.29, 1.82) is 0 Å². The van der Waals surface area contributed by atoms with Crippen LogP contribution in [0.3, 0.4) is 0 Å². The number of hydrogen-bond acceptors (Lipinski definition) is 4. The maximum absolute atomic E-state index is 6.15. The van der Waals surface area contributed by atoms with Crippen molar-refractivity contribution in [2.45, 2.75) is 52.0 Å². The van der Waals surface area contributed by atoms with E-state index in [0.29, 0.717) is 0 Å². The van der Waals surface area contributed by atoms with Crippen molar-refractivity contribution >= 4 is 5.96 Å². The topological polar surface area (TPSA) is 44.9 Å². The maximum atomic E-state index is 6.15. The molecule has 2 unspecified atom stereocenters. The second kappa shape index (κ2) is 6.12.